The second-order valence-corrected chi connectivity index (χ2v) is 6.92. The maximum atomic E-state index is 13.7. The first-order valence-corrected chi connectivity index (χ1v) is 8.55. The first kappa shape index (κ1) is 16.7. The minimum Gasteiger partial charge on any atom is -0.306 e. The molecule has 0 bridgehead atoms. The Balaban J connectivity index is 2.49. The smallest absolute Gasteiger partial charge is 0.123 e. The van der Waals surface area contributed by atoms with Crippen LogP contribution in [-0.2, 0) is 0 Å². The van der Waals surface area contributed by atoms with Crippen molar-refractivity contribution in [3.63, 3.8) is 0 Å². The molecule has 0 radical (unpaired) electrons. The zero-order valence-electron chi connectivity index (χ0n) is 12.1. The van der Waals surface area contributed by atoms with Gasteiger partial charge in [0, 0.05) is 8.95 Å². The topological polar surface area (TPSA) is 12.0 Å². The van der Waals surface area contributed by atoms with Crippen LogP contribution in [0.1, 0.15) is 36.1 Å². The number of aryl methyl sites for hydroxylation is 1. The lowest BCUT2D eigenvalue weighted by molar-refractivity contribution is 0.582. The summed E-state index contributed by atoms with van der Waals surface area (Å²) >= 11 is 7.05. The monoisotopic (exact) mass is 413 g/mol. The van der Waals surface area contributed by atoms with Crippen LogP contribution in [0.2, 0.25) is 0 Å². The van der Waals surface area contributed by atoms with E-state index in [2.05, 4.69) is 56.2 Å². The van der Waals surface area contributed by atoms with Crippen LogP contribution >= 0.6 is 31.9 Å². The molecule has 2 rings (SSSR count). The van der Waals surface area contributed by atoms with E-state index in [4.69, 9.17) is 0 Å². The van der Waals surface area contributed by atoms with Crippen molar-refractivity contribution in [1.82, 2.24) is 5.32 Å². The Morgan fingerprint density at radius 2 is 1.76 bits per heavy atom. The maximum absolute atomic E-state index is 13.7. The number of hydrogen-bond donors (Lipinski definition) is 1. The molecule has 112 valence electrons. The fraction of sp³-hybridized carbons (Fsp3) is 0.294. The Morgan fingerprint density at radius 1 is 1.10 bits per heavy atom. The highest BCUT2D eigenvalue weighted by Gasteiger charge is 2.17. The molecule has 0 aliphatic heterocycles. The SMILES string of the molecule is CCCNC(c1cc(Br)cc(Br)c1)c1cc(F)ccc1C. The van der Waals surface area contributed by atoms with E-state index in [1.54, 1.807) is 6.07 Å². The van der Waals surface area contributed by atoms with Crippen LogP contribution in [0.25, 0.3) is 0 Å². The Kier molecular flexibility index (Phi) is 5.97. The molecule has 0 saturated carbocycles. The number of hydrogen-bond acceptors (Lipinski definition) is 1. The van der Waals surface area contributed by atoms with E-state index in [-0.39, 0.29) is 11.9 Å². The van der Waals surface area contributed by atoms with Crippen molar-refractivity contribution in [2.75, 3.05) is 6.54 Å². The molecule has 1 nitrogen and oxygen atoms in total. The summed E-state index contributed by atoms with van der Waals surface area (Å²) in [6.07, 6.45) is 1.03. The van der Waals surface area contributed by atoms with Crippen LogP contribution in [0.5, 0.6) is 0 Å². The average molecular weight is 415 g/mol. The molecular weight excluding hydrogens is 397 g/mol. The van der Waals surface area contributed by atoms with Gasteiger partial charge in [-0.15, -0.1) is 0 Å². The van der Waals surface area contributed by atoms with Crippen molar-refractivity contribution in [3.05, 3.63) is 67.9 Å². The molecular formula is C17H18Br2FN. The van der Waals surface area contributed by atoms with E-state index in [9.17, 15) is 4.39 Å². The van der Waals surface area contributed by atoms with Crippen LogP contribution in [0.4, 0.5) is 4.39 Å². The van der Waals surface area contributed by atoms with E-state index >= 15 is 0 Å². The highest BCUT2D eigenvalue weighted by atomic mass is 79.9. The summed E-state index contributed by atoms with van der Waals surface area (Å²) in [5.74, 6) is -0.201. The van der Waals surface area contributed by atoms with Gasteiger partial charge in [0.1, 0.15) is 5.82 Å². The zero-order chi connectivity index (χ0) is 15.4. The third-order valence-electron chi connectivity index (χ3n) is 3.37. The molecule has 2 aromatic rings. The lowest BCUT2D eigenvalue weighted by Crippen LogP contribution is -2.24. The normalized spacial score (nSPS) is 12.4. The summed E-state index contributed by atoms with van der Waals surface area (Å²) in [5.41, 5.74) is 3.17. The van der Waals surface area contributed by atoms with Gasteiger partial charge in [-0.3, -0.25) is 0 Å². The van der Waals surface area contributed by atoms with Gasteiger partial charge in [-0.2, -0.15) is 0 Å². The summed E-state index contributed by atoms with van der Waals surface area (Å²) < 4.78 is 15.7. The van der Waals surface area contributed by atoms with Crippen LogP contribution in [0.15, 0.2) is 45.3 Å². The van der Waals surface area contributed by atoms with E-state index in [1.165, 1.54) is 6.07 Å². The minimum absolute atomic E-state index is 0.0190. The van der Waals surface area contributed by atoms with Crippen molar-refractivity contribution in [2.24, 2.45) is 0 Å². The molecule has 21 heavy (non-hydrogen) atoms. The van der Waals surface area contributed by atoms with E-state index in [0.29, 0.717) is 0 Å². The first-order valence-electron chi connectivity index (χ1n) is 6.96. The lowest BCUT2D eigenvalue weighted by atomic mass is 9.94. The van der Waals surface area contributed by atoms with Crippen molar-refractivity contribution in [3.8, 4) is 0 Å². The Morgan fingerprint density at radius 3 is 2.38 bits per heavy atom. The van der Waals surface area contributed by atoms with Gasteiger partial charge in [0.05, 0.1) is 6.04 Å². The molecule has 0 aliphatic rings. The summed E-state index contributed by atoms with van der Waals surface area (Å²) in [7, 11) is 0. The van der Waals surface area contributed by atoms with Gasteiger partial charge in [-0.05, 0) is 66.9 Å². The van der Waals surface area contributed by atoms with E-state index in [1.807, 2.05) is 19.1 Å². The molecule has 4 heteroatoms. The molecule has 1 atom stereocenters. The van der Waals surface area contributed by atoms with Gasteiger partial charge < -0.3 is 5.32 Å². The standard InChI is InChI=1S/C17H18Br2FN/c1-3-6-21-17(12-7-13(18)9-14(19)8-12)16-10-15(20)5-4-11(16)2/h4-5,7-10,17,21H,3,6H2,1-2H3. The Labute approximate surface area is 142 Å². The highest BCUT2D eigenvalue weighted by Crippen LogP contribution is 2.30. The van der Waals surface area contributed by atoms with Gasteiger partial charge in [-0.1, -0.05) is 44.8 Å². The maximum Gasteiger partial charge on any atom is 0.123 e. The van der Waals surface area contributed by atoms with Gasteiger partial charge in [-0.25, -0.2) is 4.39 Å². The molecule has 0 aliphatic carbocycles. The van der Waals surface area contributed by atoms with Gasteiger partial charge in [0.15, 0.2) is 0 Å². The van der Waals surface area contributed by atoms with Crippen LogP contribution in [0, 0.1) is 12.7 Å². The quantitative estimate of drug-likeness (QED) is 0.656. The fourth-order valence-electron chi connectivity index (χ4n) is 2.36. The third kappa shape index (κ3) is 4.38. The molecule has 0 amide bonds. The third-order valence-corrected chi connectivity index (χ3v) is 4.28. The summed E-state index contributed by atoms with van der Waals surface area (Å²) in [5, 5.41) is 3.52. The molecule has 0 saturated heterocycles. The average Bonchev–Trinajstić information content (AvgIpc) is 2.42. The van der Waals surface area contributed by atoms with Crippen LogP contribution < -0.4 is 5.32 Å². The van der Waals surface area contributed by atoms with Crippen LogP contribution in [-0.4, -0.2) is 6.54 Å². The second-order valence-electron chi connectivity index (χ2n) is 5.09. The highest BCUT2D eigenvalue weighted by molar-refractivity contribution is 9.11. The molecule has 1 N–H and O–H groups in total. The Bertz CT molecular complexity index is 608. The summed E-state index contributed by atoms with van der Waals surface area (Å²) in [6, 6.07) is 11.1. The van der Waals surface area contributed by atoms with Crippen molar-refractivity contribution in [2.45, 2.75) is 26.3 Å². The number of halogens is 3. The van der Waals surface area contributed by atoms with E-state index < -0.39 is 0 Å². The van der Waals surface area contributed by atoms with Crippen molar-refractivity contribution < 1.29 is 4.39 Å². The minimum atomic E-state index is -0.201. The number of benzene rings is 2. The first-order chi connectivity index (χ1) is 10.0. The largest absolute Gasteiger partial charge is 0.306 e. The van der Waals surface area contributed by atoms with Crippen molar-refractivity contribution in [1.29, 1.82) is 0 Å². The molecule has 0 aromatic heterocycles. The van der Waals surface area contributed by atoms with Gasteiger partial charge in [0.2, 0.25) is 0 Å². The molecule has 0 heterocycles. The molecule has 0 fully saturated rings. The molecule has 0 spiro atoms. The predicted molar refractivity (Wildman–Crippen MR) is 93.1 cm³/mol. The second kappa shape index (κ2) is 7.52. The van der Waals surface area contributed by atoms with Gasteiger partial charge >= 0.3 is 0 Å². The fourth-order valence-corrected chi connectivity index (χ4v) is 3.69. The van der Waals surface area contributed by atoms with Crippen LogP contribution in [0.3, 0.4) is 0 Å². The van der Waals surface area contributed by atoms with Gasteiger partial charge in [0.25, 0.3) is 0 Å². The molecule has 1 unspecified atom stereocenters. The summed E-state index contributed by atoms with van der Waals surface area (Å²) in [4.78, 5) is 0. The summed E-state index contributed by atoms with van der Waals surface area (Å²) in [6.45, 7) is 5.02. The van der Waals surface area contributed by atoms with Crippen molar-refractivity contribution >= 4 is 31.9 Å². The number of nitrogens with one attached hydrogen (secondary N) is 1. The zero-order valence-corrected chi connectivity index (χ0v) is 15.3. The molecule has 2 aromatic carbocycles. The Hall–Kier alpha value is -0.710. The lowest BCUT2D eigenvalue weighted by Gasteiger charge is -2.22. The number of rotatable bonds is 5. The predicted octanol–water partition coefficient (Wildman–Crippen LogP) is 5.75. The van der Waals surface area contributed by atoms with E-state index in [0.717, 1.165) is 38.6 Å².